The zero-order chi connectivity index (χ0) is 13.7. The molecule has 3 N–H and O–H groups in total. The van der Waals surface area contributed by atoms with Gasteiger partial charge in [-0.25, -0.2) is 4.98 Å². The third-order valence-corrected chi connectivity index (χ3v) is 2.49. The molecule has 1 rings (SSSR count). The van der Waals surface area contributed by atoms with Crippen LogP contribution in [0.1, 0.15) is 13.3 Å². The number of nitrogens with two attached hydrogens (primary N) is 1. The maximum atomic E-state index is 11.7. The van der Waals surface area contributed by atoms with Crippen molar-refractivity contribution in [3.05, 3.63) is 16.7 Å². The topological polar surface area (TPSA) is 95.3 Å². The molecule has 0 spiro atoms. The molecule has 0 aromatic carbocycles. The maximum absolute atomic E-state index is 11.7. The first-order chi connectivity index (χ1) is 8.47. The van der Waals surface area contributed by atoms with Gasteiger partial charge < -0.3 is 20.5 Å². The smallest absolute Gasteiger partial charge is 0.276 e. The van der Waals surface area contributed by atoms with Crippen molar-refractivity contribution in [1.29, 1.82) is 0 Å². The van der Waals surface area contributed by atoms with Gasteiger partial charge in [0.05, 0.1) is 12.9 Å². The molecule has 0 radical (unpaired) electrons. The average Bonchev–Trinajstić information content (AvgIpc) is 2.32. The Bertz CT molecular complexity index is 469. The van der Waals surface area contributed by atoms with Crippen LogP contribution in [0.2, 0.25) is 0 Å². The second-order valence-electron chi connectivity index (χ2n) is 4.18. The van der Waals surface area contributed by atoms with Gasteiger partial charge in [-0.3, -0.25) is 9.59 Å². The highest BCUT2D eigenvalue weighted by Crippen LogP contribution is 2.15. The summed E-state index contributed by atoms with van der Waals surface area (Å²) in [4.78, 5) is 32.8. The Hall–Kier alpha value is -2.05. The fraction of sp³-hybridized carbons (Fsp3) is 0.545. The first kappa shape index (κ1) is 14.0. The summed E-state index contributed by atoms with van der Waals surface area (Å²) in [5.41, 5.74) is 5.34. The Morgan fingerprint density at radius 3 is 2.72 bits per heavy atom. The molecule has 1 amide bonds. The lowest BCUT2D eigenvalue weighted by Crippen LogP contribution is -2.38. The van der Waals surface area contributed by atoms with Crippen LogP contribution in [-0.4, -0.2) is 48.0 Å². The maximum Gasteiger partial charge on any atom is 0.276 e. The van der Waals surface area contributed by atoms with E-state index < -0.39 is 5.56 Å². The van der Waals surface area contributed by atoms with E-state index >= 15 is 0 Å². The van der Waals surface area contributed by atoms with Gasteiger partial charge in [0, 0.05) is 20.6 Å². The molecule has 0 bridgehead atoms. The molecule has 7 heteroatoms. The number of nitrogens with one attached hydrogen (secondary N) is 1. The predicted molar refractivity (Wildman–Crippen MR) is 70.5 cm³/mol. The van der Waals surface area contributed by atoms with Crippen LogP contribution in [0.15, 0.2) is 11.1 Å². The summed E-state index contributed by atoms with van der Waals surface area (Å²) in [7, 11) is 3.36. The largest absolute Gasteiger partial charge is 0.391 e. The molecule has 0 saturated heterocycles. The molecule has 1 aromatic rings. The monoisotopic (exact) mass is 253 g/mol. The van der Waals surface area contributed by atoms with Gasteiger partial charge in [0.25, 0.3) is 5.56 Å². The first-order valence-electron chi connectivity index (χ1n) is 5.75. The number of hydrogen-bond acceptors (Lipinski definition) is 5. The lowest BCUT2D eigenvalue weighted by Gasteiger charge is -2.24. The molecule has 7 nitrogen and oxygen atoms in total. The molecule has 0 aliphatic heterocycles. The lowest BCUT2D eigenvalue weighted by molar-refractivity contribution is -0.127. The van der Waals surface area contributed by atoms with Crippen LogP contribution in [0.5, 0.6) is 0 Å². The minimum atomic E-state index is -0.390. The zero-order valence-electron chi connectivity index (χ0n) is 10.9. The van der Waals surface area contributed by atoms with Crippen LogP contribution in [0, 0.1) is 0 Å². The summed E-state index contributed by atoms with van der Waals surface area (Å²) in [6.45, 7) is 2.75. The highest BCUT2D eigenvalue weighted by atomic mass is 16.2. The van der Waals surface area contributed by atoms with Crippen LogP contribution >= 0.6 is 0 Å². The number of rotatable bonds is 5. The van der Waals surface area contributed by atoms with E-state index in [2.05, 4.69) is 9.97 Å². The number of H-pyrrole nitrogens is 1. The van der Waals surface area contributed by atoms with E-state index in [9.17, 15) is 9.59 Å². The predicted octanol–water partition coefficient (Wildman–Crippen LogP) is -0.343. The van der Waals surface area contributed by atoms with E-state index in [1.165, 1.54) is 11.2 Å². The second kappa shape index (κ2) is 6.04. The van der Waals surface area contributed by atoms with E-state index in [0.717, 1.165) is 6.42 Å². The standard InChI is InChI=1S/C11H19N5O2/c1-4-5-16(6-8(17)15(2)3)10-9(12)11(18)14-7-13-10/h7H,4-6,12H2,1-3H3,(H,13,14,18). The number of likely N-dealkylation sites (N-methyl/N-ethyl adjacent to an activating group) is 1. The van der Waals surface area contributed by atoms with Crippen LogP contribution < -0.4 is 16.2 Å². The summed E-state index contributed by atoms with van der Waals surface area (Å²) >= 11 is 0. The SMILES string of the molecule is CCCN(CC(=O)N(C)C)c1nc[nH]c(=O)c1N. The molecule has 0 atom stereocenters. The Morgan fingerprint density at radius 2 is 2.17 bits per heavy atom. The van der Waals surface area contributed by atoms with Crippen LogP contribution in [0.4, 0.5) is 11.5 Å². The number of nitrogen functional groups attached to an aromatic ring is 1. The number of carbonyl (C=O) groups excluding carboxylic acids is 1. The van der Waals surface area contributed by atoms with E-state index in [-0.39, 0.29) is 18.1 Å². The van der Waals surface area contributed by atoms with Gasteiger partial charge in [-0.1, -0.05) is 6.92 Å². The first-order valence-corrected chi connectivity index (χ1v) is 5.75. The van der Waals surface area contributed by atoms with Crippen molar-refractivity contribution >= 4 is 17.4 Å². The van der Waals surface area contributed by atoms with Crippen LogP contribution in [-0.2, 0) is 4.79 Å². The summed E-state index contributed by atoms with van der Waals surface area (Å²) < 4.78 is 0. The van der Waals surface area contributed by atoms with Crippen LogP contribution in [0.25, 0.3) is 0 Å². The van der Waals surface area contributed by atoms with Crippen molar-refractivity contribution < 1.29 is 4.79 Å². The Kier molecular flexibility index (Phi) is 4.70. The van der Waals surface area contributed by atoms with Crippen molar-refractivity contribution in [2.24, 2.45) is 0 Å². The zero-order valence-corrected chi connectivity index (χ0v) is 10.9. The molecule has 1 aromatic heterocycles. The Labute approximate surface area is 106 Å². The van der Waals surface area contributed by atoms with Crippen molar-refractivity contribution in [3.63, 3.8) is 0 Å². The van der Waals surface area contributed by atoms with Crippen molar-refractivity contribution in [3.8, 4) is 0 Å². The van der Waals surface area contributed by atoms with Gasteiger partial charge in [-0.15, -0.1) is 0 Å². The van der Waals surface area contributed by atoms with E-state index in [1.807, 2.05) is 6.92 Å². The molecule has 0 fully saturated rings. The molecule has 1 heterocycles. The van der Waals surface area contributed by atoms with Crippen LogP contribution in [0.3, 0.4) is 0 Å². The van der Waals surface area contributed by atoms with Crippen molar-refractivity contribution in [2.75, 3.05) is 37.8 Å². The number of aromatic amines is 1. The Balaban J connectivity index is 3.01. The van der Waals surface area contributed by atoms with Gasteiger partial charge in [0.1, 0.15) is 5.69 Å². The highest BCUT2D eigenvalue weighted by molar-refractivity contribution is 5.81. The molecular weight excluding hydrogens is 234 g/mol. The molecule has 0 aliphatic rings. The van der Waals surface area contributed by atoms with Gasteiger partial charge >= 0.3 is 0 Å². The number of hydrogen-bond donors (Lipinski definition) is 2. The molecule has 18 heavy (non-hydrogen) atoms. The van der Waals surface area contributed by atoms with E-state index in [0.29, 0.717) is 12.4 Å². The summed E-state index contributed by atoms with van der Waals surface area (Å²) in [6.07, 6.45) is 2.12. The molecule has 0 saturated carbocycles. The number of anilines is 2. The quantitative estimate of drug-likeness (QED) is 0.748. The second-order valence-corrected chi connectivity index (χ2v) is 4.18. The minimum Gasteiger partial charge on any atom is -0.391 e. The molecule has 100 valence electrons. The third kappa shape index (κ3) is 3.22. The van der Waals surface area contributed by atoms with Gasteiger partial charge in [-0.05, 0) is 6.42 Å². The van der Waals surface area contributed by atoms with Crippen molar-refractivity contribution in [2.45, 2.75) is 13.3 Å². The molecule has 0 unspecified atom stereocenters. The fourth-order valence-electron chi connectivity index (χ4n) is 1.49. The number of nitrogens with zero attached hydrogens (tertiary/aromatic N) is 3. The summed E-state index contributed by atoms with van der Waals surface area (Å²) in [5.74, 6) is 0.292. The van der Waals surface area contributed by atoms with Gasteiger partial charge in [-0.2, -0.15) is 0 Å². The van der Waals surface area contributed by atoms with E-state index in [4.69, 9.17) is 5.73 Å². The lowest BCUT2D eigenvalue weighted by atomic mass is 10.3. The number of aromatic nitrogens is 2. The minimum absolute atomic E-state index is 0.0394. The Morgan fingerprint density at radius 1 is 1.50 bits per heavy atom. The van der Waals surface area contributed by atoms with Gasteiger partial charge in [0.2, 0.25) is 5.91 Å². The third-order valence-electron chi connectivity index (χ3n) is 2.49. The number of carbonyl (C=O) groups is 1. The summed E-state index contributed by atoms with van der Waals surface area (Å²) in [5, 5.41) is 0. The summed E-state index contributed by atoms with van der Waals surface area (Å²) in [6, 6.07) is 0. The number of amides is 1. The molecular formula is C11H19N5O2. The van der Waals surface area contributed by atoms with E-state index in [1.54, 1.807) is 19.0 Å². The fourth-order valence-corrected chi connectivity index (χ4v) is 1.49. The highest BCUT2D eigenvalue weighted by Gasteiger charge is 2.17. The molecule has 0 aliphatic carbocycles. The average molecular weight is 253 g/mol. The van der Waals surface area contributed by atoms with Gasteiger partial charge in [0.15, 0.2) is 5.82 Å². The van der Waals surface area contributed by atoms with Crippen molar-refractivity contribution in [1.82, 2.24) is 14.9 Å². The normalized spacial score (nSPS) is 10.2.